The molecule has 0 saturated carbocycles. The van der Waals surface area contributed by atoms with Crippen LogP contribution in [-0.2, 0) is 81.7 Å². The quantitative estimate of drug-likeness (QED) is 0.0829. The van der Waals surface area contributed by atoms with E-state index in [0.29, 0.717) is 31.7 Å². The van der Waals surface area contributed by atoms with Gasteiger partial charge in [0.05, 0.1) is 0 Å². The van der Waals surface area contributed by atoms with Gasteiger partial charge in [-0.2, -0.15) is 0 Å². The van der Waals surface area contributed by atoms with Crippen molar-refractivity contribution in [3.63, 3.8) is 0 Å². The number of thiol groups is 2. The molecule has 0 radical (unpaired) electrons. The van der Waals surface area contributed by atoms with Crippen molar-refractivity contribution >= 4 is 87.0 Å². The van der Waals surface area contributed by atoms with Crippen molar-refractivity contribution in [2.24, 2.45) is 0 Å². The first-order valence-corrected chi connectivity index (χ1v) is 27.1. The third kappa shape index (κ3) is 67.1. The molecule has 0 aromatic carbocycles. The van der Waals surface area contributed by atoms with E-state index < -0.39 is 13.9 Å². The molecule has 0 N–H and O–H groups in total. The van der Waals surface area contributed by atoms with Gasteiger partial charge in [-0.3, -0.25) is 0 Å². The van der Waals surface area contributed by atoms with Gasteiger partial charge in [0.15, 0.2) is 0 Å². The Morgan fingerprint density at radius 2 is 0.472 bits per heavy atom. The molecule has 0 aliphatic heterocycles. The van der Waals surface area contributed by atoms with Crippen LogP contribution in [0.3, 0.4) is 0 Å². The van der Waals surface area contributed by atoms with E-state index in [0.717, 1.165) is 0 Å². The molecule has 0 saturated heterocycles. The van der Waals surface area contributed by atoms with Crippen molar-refractivity contribution in [3.8, 4) is 0 Å². The summed E-state index contributed by atoms with van der Waals surface area (Å²) in [6.45, 7) is 27.5. The van der Waals surface area contributed by atoms with Gasteiger partial charge in [-0.15, -0.1) is 31.7 Å². The van der Waals surface area contributed by atoms with E-state index in [1.165, 1.54) is 73.9 Å². The van der Waals surface area contributed by atoms with E-state index in [4.69, 9.17) is 18.6 Å². The fourth-order valence-corrected chi connectivity index (χ4v) is 8.05. The Hall–Kier alpha value is 5.26. The number of rotatable bonds is 12. The van der Waals surface area contributed by atoms with Gasteiger partial charge in [-0.1, -0.05) is 83.1 Å². The number of hydrogen-bond acceptors (Lipinski definition) is 3. The molecule has 0 unspecified atom stereocenters. The molecule has 12 heteroatoms. The van der Waals surface area contributed by atoms with E-state index in [1.807, 2.05) is 0 Å². The van der Waals surface area contributed by atoms with Crippen molar-refractivity contribution < 1.29 is 54.7 Å². The molecule has 0 aliphatic carbocycles. The summed E-state index contributed by atoms with van der Waals surface area (Å²) in [6.07, 6.45) is 17.0. The van der Waals surface area contributed by atoms with Crippen molar-refractivity contribution in [1.82, 2.24) is 0 Å². The molecule has 0 atom stereocenters. The molecule has 234 valence electrons. The van der Waals surface area contributed by atoms with Crippen molar-refractivity contribution in [3.05, 3.63) is 0 Å². The summed E-state index contributed by atoms with van der Waals surface area (Å²) in [6, 6.07) is 0. The average Bonchev–Trinajstić information content (AvgIpc) is 2.79. The second-order valence-electron chi connectivity index (χ2n) is 6.70. The first-order chi connectivity index (χ1) is 15.1. The fourth-order valence-electron chi connectivity index (χ4n) is 2.68. The molecular weight excluding hydrogens is 840 g/mol. The Morgan fingerprint density at radius 3 is 0.472 bits per heavy atom. The summed E-state index contributed by atoms with van der Waals surface area (Å²) in [7, 11) is 16.1. The normalized spacial score (nSPS) is 8.72. The molecule has 0 rings (SSSR count). The van der Waals surface area contributed by atoms with Crippen LogP contribution >= 0.6 is 60.0 Å². The van der Waals surface area contributed by atoms with Gasteiger partial charge in [-0.25, -0.2) is 0 Å². The van der Waals surface area contributed by atoms with Crippen LogP contribution in [0.25, 0.3) is 0 Å². The topological polar surface area (TPSA) is 0 Å². The molecular formula is C24H62Cl2P4Pd2S3Ti. The fraction of sp³-hybridized carbons (Fsp3) is 1.00. The van der Waals surface area contributed by atoms with Crippen LogP contribution in [0.1, 0.15) is 83.1 Å². The van der Waals surface area contributed by atoms with Gasteiger partial charge in [0.25, 0.3) is 0 Å². The zero-order valence-corrected chi connectivity index (χ0v) is 37.8. The monoisotopic (exact) mass is 900 g/mol. The first kappa shape index (κ1) is 64.3. The van der Waals surface area contributed by atoms with Crippen LogP contribution < -0.4 is 0 Å². The zero-order chi connectivity index (χ0) is 26.4. The molecule has 0 spiro atoms. The van der Waals surface area contributed by atoms with Gasteiger partial charge >= 0.3 is 62.6 Å². The number of hydrogen-bond donors (Lipinski definition) is 0. The number of halogens is 2. The summed E-state index contributed by atoms with van der Waals surface area (Å²) in [5.41, 5.74) is 0. The summed E-state index contributed by atoms with van der Waals surface area (Å²) < 4.78 is 0. The van der Waals surface area contributed by atoms with Crippen molar-refractivity contribution in [2.75, 3.05) is 73.9 Å². The Bertz CT molecular complexity index is 260. The second-order valence-corrected chi connectivity index (χ2v) is 27.8. The third-order valence-electron chi connectivity index (χ3n) is 5.37. The van der Waals surface area contributed by atoms with E-state index in [9.17, 15) is 0 Å². The molecule has 0 amide bonds. The molecule has 0 nitrogen and oxygen atoms in total. The summed E-state index contributed by atoms with van der Waals surface area (Å²) >= 11 is -1.81. The minimum absolute atomic E-state index is 0. The molecule has 0 aromatic rings. The molecule has 36 heavy (non-hydrogen) atoms. The molecule has 0 bridgehead atoms. The Labute approximate surface area is 295 Å². The Kier molecular flexibility index (Phi) is 106. The van der Waals surface area contributed by atoms with Gasteiger partial charge < -0.3 is 27.0 Å². The molecule has 0 heterocycles. The van der Waals surface area contributed by atoms with Crippen LogP contribution in [0, 0.1) is 0 Å². The van der Waals surface area contributed by atoms with Gasteiger partial charge in [0.1, 0.15) is 0 Å². The molecule has 0 aromatic heterocycles. The summed E-state index contributed by atoms with van der Waals surface area (Å²) in [5.74, 6) is 0. The van der Waals surface area contributed by atoms with E-state index in [-0.39, 0.29) is 67.8 Å². The first-order valence-electron chi connectivity index (χ1n) is 12.9. The van der Waals surface area contributed by atoms with Crippen LogP contribution in [0.2, 0.25) is 0 Å². The maximum atomic E-state index is 5.02. The van der Waals surface area contributed by atoms with Crippen LogP contribution in [-0.4, -0.2) is 73.9 Å². The average molecular weight is 902 g/mol. The zero-order valence-electron chi connectivity index (χ0n) is 25.5. The predicted octanol–water partition coefficient (Wildman–Crippen LogP) is 11.6. The third-order valence-corrected chi connectivity index (χ3v) is 16.1. The summed E-state index contributed by atoms with van der Waals surface area (Å²) in [5, 5.41) is 0. The van der Waals surface area contributed by atoms with Gasteiger partial charge in [0.2, 0.25) is 0 Å². The standard InChI is InChI=1S/4C6H15P.2ClH.2Pd.2H2S.S.Ti/c4*1-4-7(5-2)6-3;;;;;;;;/h4*4-6H2,1-3H3;2*1H;;;2*1H2;;/q;;;;;;;+2;;;;+2/p-4. The van der Waals surface area contributed by atoms with Crippen molar-refractivity contribution in [2.45, 2.75) is 83.1 Å². The maximum absolute atomic E-state index is 5.02. The van der Waals surface area contributed by atoms with E-state index >= 15 is 0 Å². The van der Waals surface area contributed by atoms with Crippen molar-refractivity contribution in [1.29, 1.82) is 0 Å². The Morgan fingerprint density at radius 1 is 0.417 bits per heavy atom. The van der Waals surface area contributed by atoms with Gasteiger partial charge in [0, 0.05) is 20.4 Å². The SMILES string of the molecule is CCP(CC)CC.CCP(CC)CC.CCP(CC)CC.CCP(CC)CC.[Pd+2].[Pd].[SH-].[SH-].[S]=[Ti]([Cl])[Cl]. The molecule has 0 fully saturated rings. The predicted molar refractivity (Wildman–Crippen MR) is 191 cm³/mol. The van der Waals surface area contributed by atoms with Crippen LogP contribution in [0.4, 0.5) is 0 Å². The summed E-state index contributed by atoms with van der Waals surface area (Å²) in [4.78, 5) is 0. The Balaban J connectivity index is -0.0000000355. The van der Waals surface area contributed by atoms with E-state index in [1.54, 1.807) is 0 Å². The molecule has 0 aliphatic rings. The second kappa shape index (κ2) is 59.6. The minimum atomic E-state index is -1.81. The van der Waals surface area contributed by atoms with E-state index in [2.05, 4.69) is 92.8 Å². The van der Waals surface area contributed by atoms with Crippen LogP contribution in [0.5, 0.6) is 0 Å². The van der Waals surface area contributed by atoms with Gasteiger partial charge in [-0.05, 0) is 73.9 Å². The van der Waals surface area contributed by atoms with Crippen LogP contribution in [0.15, 0.2) is 0 Å².